The first-order valence-corrected chi connectivity index (χ1v) is 8.03. The summed E-state index contributed by atoms with van der Waals surface area (Å²) < 4.78 is 11.4. The van der Waals surface area contributed by atoms with E-state index in [4.69, 9.17) is 9.47 Å². The van der Waals surface area contributed by atoms with Crippen molar-refractivity contribution in [2.45, 2.75) is 6.61 Å². The summed E-state index contributed by atoms with van der Waals surface area (Å²) in [5.74, 6) is 2.36. The van der Waals surface area contributed by atoms with E-state index in [1.165, 1.54) is 0 Å². The normalized spacial score (nSPS) is 13.2. The number of nitrogens with zero attached hydrogens (tertiary/aromatic N) is 2. The lowest BCUT2D eigenvalue weighted by Gasteiger charge is -2.15. The first-order chi connectivity index (χ1) is 11.7. The molecule has 0 bridgehead atoms. The van der Waals surface area contributed by atoms with E-state index in [1.807, 2.05) is 38.4 Å². The molecule has 5 heteroatoms. The summed E-state index contributed by atoms with van der Waals surface area (Å²) in [6.45, 7) is 2.20. The van der Waals surface area contributed by atoms with E-state index in [2.05, 4.69) is 33.4 Å². The Morgan fingerprint density at radius 2 is 2.00 bits per heavy atom. The van der Waals surface area contributed by atoms with Gasteiger partial charge < -0.3 is 19.7 Å². The summed E-state index contributed by atoms with van der Waals surface area (Å²) in [5, 5.41) is 3.27. The van der Waals surface area contributed by atoms with Crippen molar-refractivity contribution >= 4 is 11.5 Å². The van der Waals surface area contributed by atoms with Gasteiger partial charge in [0.1, 0.15) is 12.4 Å². The van der Waals surface area contributed by atoms with E-state index in [-0.39, 0.29) is 0 Å². The third kappa shape index (κ3) is 3.62. The fourth-order valence-electron chi connectivity index (χ4n) is 2.61. The maximum atomic E-state index is 5.96. The van der Waals surface area contributed by atoms with Crippen molar-refractivity contribution in [2.75, 3.05) is 39.2 Å². The predicted octanol–water partition coefficient (Wildman–Crippen LogP) is 2.69. The lowest BCUT2D eigenvalue weighted by molar-refractivity contribution is 0.284. The summed E-state index contributed by atoms with van der Waals surface area (Å²) >= 11 is 0. The molecule has 0 saturated heterocycles. The molecule has 1 N–H and O–H groups in total. The Bertz CT molecular complexity index is 741. The second-order valence-electron chi connectivity index (χ2n) is 5.88. The number of anilines is 1. The number of benzene rings is 2. The lowest BCUT2D eigenvalue weighted by Crippen LogP contribution is -2.19. The van der Waals surface area contributed by atoms with E-state index < -0.39 is 0 Å². The third-order valence-electron chi connectivity index (χ3n) is 3.93. The molecule has 5 nitrogen and oxygen atoms in total. The number of methoxy groups -OCH3 is 1. The number of hydrogen-bond acceptors (Lipinski definition) is 5. The molecule has 0 radical (unpaired) electrons. The molecule has 24 heavy (non-hydrogen) atoms. The zero-order valence-electron chi connectivity index (χ0n) is 14.4. The summed E-state index contributed by atoms with van der Waals surface area (Å²) in [6, 6.07) is 14.2. The van der Waals surface area contributed by atoms with E-state index in [1.54, 1.807) is 7.11 Å². The van der Waals surface area contributed by atoms with Crippen molar-refractivity contribution in [3.05, 3.63) is 53.6 Å². The van der Waals surface area contributed by atoms with Crippen LogP contribution in [0.4, 0.5) is 5.69 Å². The van der Waals surface area contributed by atoms with Gasteiger partial charge in [-0.1, -0.05) is 12.1 Å². The number of amidine groups is 1. The minimum absolute atomic E-state index is 0.497. The SMILES string of the molecule is COc1cc(C2=NCCN2)ccc1OCc1cccc(N(C)C)c1. The van der Waals surface area contributed by atoms with Crippen molar-refractivity contribution in [1.29, 1.82) is 0 Å². The third-order valence-corrected chi connectivity index (χ3v) is 3.93. The molecule has 0 unspecified atom stereocenters. The highest BCUT2D eigenvalue weighted by molar-refractivity contribution is 6.00. The van der Waals surface area contributed by atoms with Crippen LogP contribution in [0, 0.1) is 0 Å². The van der Waals surface area contributed by atoms with Crippen LogP contribution in [-0.2, 0) is 6.61 Å². The molecule has 0 amide bonds. The average molecular weight is 325 g/mol. The fourth-order valence-corrected chi connectivity index (χ4v) is 2.61. The smallest absolute Gasteiger partial charge is 0.161 e. The van der Waals surface area contributed by atoms with Crippen molar-refractivity contribution < 1.29 is 9.47 Å². The van der Waals surface area contributed by atoms with Gasteiger partial charge in [-0.3, -0.25) is 4.99 Å². The van der Waals surface area contributed by atoms with Crippen LogP contribution in [0.15, 0.2) is 47.5 Å². The molecule has 2 aromatic rings. The summed E-state index contributed by atoms with van der Waals surface area (Å²) in [5.41, 5.74) is 3.30. The van der Waals surface area contributed by atoms with Gasteiger partial charge >= 0.3 is 0 Å². The molecule has 1 heterocycles. The molecule has 0 saturated carbocycles. The molecule has 0 spiro atoms. The number of nitrogens with one attached hydrogen (secondary N) is 1. The van der Waals surface area contributed by atoms with Crippen molar-refractivity contribution in [2.24, 2.45) is 4.99 Å². The Kier molecular flexibility index (Phi) is 4.89. The Morgan fingerprint density at radius 3 is 2.71 bits per heavy atom. The Labute approximate surface area is 142 Å². The van der Waals surface area contributed by atoms with Crippen molar-refractivity contribution in [3.63, 3.8) is 0 Å². The summed E-state index contributed by atoms with van der Waals surface area (Å²) in [7, 11) is 5.71. The maximum absolute atomic E-state index is 5.96. The highest BCUT2D eigenvalue weighted by Gasteiger charge is 2.12. The van der Waals surface area contributed by atoms with Crippen molar-refractivity contribution in [3.8, 4) is 11.5 Å². The Morgan fingerprint density at radius 1 is 1.12 bits per heavy atom. The molecule has 0 aromatic heterocycles. The van der Waals surface area contributed by atoms with Gasteiger partial charge in [-0.05, 0) is 35.9 Å². The van der Waals surface area contributed by atoms with Crippen LogP contribution in [-0.4, -0.2) is 40.1 Å². The largest absolute Gasteiger partial charge is 0.493 e. The van der Waals surface area contributed by atoms with E-state index in [0.29, 0.717) is 12.4 Å². The number of rotatable bonds is 6. The van der Waals surface area contributed by atoms with Gasteiger partial charge in [-0.25, -0.2) is 0 Å². The monoisotopic (exact) mass is 325 g/mol. The number of ether oxygens (including phenoxy) is 2. The van der Waals surface area contributed by atoms with Gasteiger partial charge in [-0.2, -0.15) is 0 Å². The highest BCUT2D eigenvalue weighted by Crippen LogP contribution is 2.29. The van der Waals surface area contributed by atoms with Gasteiger partial charge in [0, 0.05) is 31.9 Å². The standard InChI is InChI=1S/C19H23N3O2/c1-22(2)16-6-4-5-14(11-16)13-24-17-8-7-15(12-18(17)23-3)19-20-9-10-21-19/h4-8,11-12H,9-10,13H2,1-3H3,(H,20,21). The van der Waals surface area contributed by atoms with Crippen LogP contribution in [0.2, 0.25) is 0 Å². The summed E-state index contributed by atoms with van der Waals surface area (Å²) in [4.78, 5) is 6.51. The molecule has 1 aliphatic rings. The van der Waals surface area contributed by atoms with E-state index in [0.717, 1.165) is 41.5 Å². The lowest BCUT2D eigenvalue weighted by atomic mass is 10.1. The molecule has 3 rings (SSSR count). The zero-order chi connectivity index (χ0) is 16.9. The average Bonchev–Trinajstić information content (AvgIpc) is 3.14. The minimum atomic E-state index is 0.497. The van der Waals surface area contributed by atoms with Gasteiger partial charge in [0.2, 0.25) is 0 Å². The topological polar surface area (TPSA) is 46.1 Å². The second kappa shape index (κ2) is 7.25. The van der Waals surface area contributed by atoms with Crippen LogP contribution in [0.5, 0.6) is 11.5 Å². The molecular formula is C19H23N3O2. The van der Waals surface area contributed by atoms with Crippen LogP contribution in [0.25, 0.3) is 0 Å². The number of hydrogen-bond donors (Lipinski definition) is 1. The van der Waals surface area contributed by atoms with Crippen LogP contribution in [0.3, 0.4) is 0 Å². The first kappa shape index (κ1) is 16.2. The second-order valence-corrected chi connectivity index (χ2v) is 5.88. The van der Waals surface area contributed by atoms with Gasteiger partial charge in [0.25, 0.3) is 0 Å². The van der Waals surface area contributed by atoms with Crippen LogP contribution < -0.4 is 19.7 Å². The Balaban J connectivity index is 1.74. The van der Waals surface area contributed by atoms with Gasteiger partial charge in [0.15, 0.2) is 11.5 Å². The number of aliphatic imine (C=N–C) groups is 1. The Hall–Kier alpha value is -2.69. The predicted molar refractivity (Wildman–Crippen MR) is 97.5 cm³/mol. The van der Waals surface area contributed by atoms with Gasteiger partial charge in [-0.15, -0.1) is 0 Å². The molecule has 1 aliphatic heterocycles. The molecule has 0 aliphatic carbocycles. The van der Waals surface area contributed by atoms with E-state index >= 15 is 0 Å². The molecule has 126 valence electrons. The maximum Gasteiger partial charge on any atom is 0.161 e. The summed E-state index contributed by atoms with van der Waals surface area (Å²) in [6.07, 6.45) is 0. The van der Waals surface area contributed by atoms with Gasteiger partial charge in [0.05, 0.1) is 13.7 Å². The minimum Gasteiger partial charge on any atom is -0.493 e. The van der Waals surface area contributed by atoms with Crippen LogP contribution in [0.1, 0.15) is 11.1 Å². The highest BCUT2D eigenvalue weighted by atomic mass is 16.5. The fraction of sp³-hybridized carbons (Fsp3) is 0.316. The molecular weight excluding hydrogens is 302 g/mol. The van der Waals surface area contributed by atoms with E-state index in [9.17, 15) is 0 Å². The molecule has 0 fully saturated rings. The zero-order valence-corrected chi connectivity index (χ0v) is 14.4. The first-order valence-electron chi connectivity index (χ1n) is 8.03. The van der Waals surface area contributed by atoms with Crippen molar-refractivity contribution in [1.82, 2.24) is 5.32 Å². The van der Waals surface area contributed by atoms with Crippen LogP contribution >= 0.6 is 0 Å². The molecule has 2 aromatic carbocycles. The molecule has 0 atom stereocenters. The quantitative estimate of drug-likeness (QED) is 0.887.